The van der Waals surface area contributed by atoms with E-state index >= 15 is 0 Å². The van der Waals surface area contributed by atoms with Gasteiger partial charge in [0, 0.05) is 36.4 Å². The maximum atomic E-state index is 11.4. The first-order valence-electron chi connectivity index (χ1n) is 6.31. The molecule has 0 aliphatic heterocycles. The zero-order valence-corrected chi connectivity index (χ0v) is 12.8. The average molecular weight is 334 g/mol. The van der Waals surface area contributed by atoms with Crippen LogP contribution in [-0.2, 0) is 13.1 Å². The molecular formula is C15H16BrN3O. The Bertz CT molecular complexity index is 567. The van der Waals surface area contributed by atoms with Gasteiger partial charge in [-0.25, -0.2) is 0 Å². The minimum absolute atomic E-state index is 0.0661. The fraction of sp³-hybridized carbons (Fsp3) is 0.200. The van der Waals surface area contributed by atoms with E-state index in [4.69, 9.17) is 0 Å². The number of carbonyl (C=O) groups is 1. The molecule has 2 aromatic rings. The summed E-state index contributed by atoms with van der Waals surface area (Å²) in [6, 6.07) is 11.5. The summed E-state index contributed by atoms with van der Waals surface area (Å²) in [7, 11) is 1.63. The predicted molar refractivity (Wildman–Crippen MR) is 82.3 cm³/mol. The van der Waals surface area contributed by atoms with E-state index in [2.05, 4.69) is 31.5 Å². The number of carbonyl (C=O) groups excluding carboxylic acids is 1. The molecule has 0 atom stereocenters. The van der Waals surface area contributed by atoms with Crippen LogP contribution in [0.5, 0.6) is 0 Å². The van der Waals surface area contributed by atoms with Gasteiger partial charge >= 0.3 is 0 Å². The lowest BCUT2D eigenvalue weighted by atomic mass is 10.1. The molecular weight excluding hydrogens is 318 g/mol. The van der Waals surface area contributed by atoms with Gasteiger partial charge in [-0.1, -0.05) is 12.1 Å². The number of pyridine rings is 1. The van der Waals surface area contributed by atoms with E-state index in [1.165, 1.54) is 0 Å². The van der Waals surface area contributed by atoms with Crippen molar-refractivity contribution in [3.63, 3.8) is 0 Å². The number of hydrogen-bond donors (Lipinski definition) is 2. The van der Waals surface area contributed by atoms with Gasteiger partial charge in [0.25, 0.3) is 5.91 Å². The minimum atomic E-state index is -0.0661. The van der Waals surface area contributed by atoms with Crippen LogP contribution in [0.3, 0.4) is 0 Å². The monoisotopic (exact) mass is 333 g/mol. The molecule has 5 heteroatoms. The summed E-state index contributed by atoms with van der Waals surface area (Å²) in [4.78, 5) is 15.7. The maximum absolute atomic E-state index is 11.4. The lowest BCUT2D eigenvalue weighted by molar-refractivity contribution is 0.0963. The molecule has 0 fully saturated rings. The Morgan fingerprint density at radius 3 is 2.50 bits per heavy atom. The van der Waals surface area contributed by atoms with Crippen molar-refractivity contribution >= 4 is 21.8 Å². The van der Waals surface area contributed by atoms with E-state index < -0.39 is 0 Å². The molecule has 0 aliphatic carbocycles. The molecule has 0 radical (unpaired) electrons. The first-order valence-corrected chi connectivity index (χ1v) is 7.10. The van der Waals surface area contributed by atoms with Crippen LogP contribution in [0.2, 0.25) is 0 Å². The van der Waals surface area contributed by atoms with Gasteiger partial charge in [-0.15, -0.1) is 0 Å². The van der Waals surface area contributed by atoms with Crippen molar-refractivity contribution in [1.82, 2.24) is 15.6 Å². The molecule has 0 saturated heterocycles. The molecule has 4 nitrogen and oxygen atoms in total. The van der Waals surface area contributed by atoms with E-state index in [0.717, 1.165) is 22.3 Å². The molecule has 1 heterocycles. The SMILES string of the molecule is CNC(=O)c1ccc(CNCc2ccc(Br)cn2)cc1. The van der Waals surface area contributed by atoms with Crippen molar-refractivity contribution in [2.24, 2.45) is 0 Å². The number of nitrogens with zero attached hydrogens (tertiary/aromatic N) is 1. The first-order chi connectivity index (χ1) is 9.69. The highest BCUT2D eigenvalue weighted by Crippen LogP contribution is 2.08. The molecule has 0 aliphatic rings. The third-order valence-corrected chi connectivity index (χ3v) is 3.34. The van der Waals surface area contributed by atoms with E-state index in [0.29, 0.717) is 12.1 Å². The summed E-state index contributed by atoms with van der Waals surface area (Å²) in [5, 5.41) is 5.93. The Hall–Kier alpha value is -1.72. The van der Waals surface area contributed by atoms with Crippen molar-refractivity contribution in [2.45, 2.75) is 13.1 Å². The van der Waals surface area contributed by atoms with Crippen LogP contribution < -0.4 is 10.6 Å². The smallest absolute Gasteiger partial charge is 0.251 e. The molecule has 0 unspecified atom stereocenters. The molecule has 0 bridgehead atoms. The summed E-state index contributed by atoms with van der Waals surface area (Å²) in [6.07, 6.45) is 1.79. The third kappa shape index (κ3) is 4.15. The van der Waals surface area contributed by atoms with Crippen molar-refractivity contribution < 1.29 is 4.79 Å². The summed E-state index contributed by atoms with van der Waals surface area (Å²) >= 11 is 3.36. The van der Waals surface area contributed by atoms with Crippen LogP contribution >= 0.6 is 15.9 Å². The minimum Gasteiger partial charge on any atom is -0.355 e. The van der Waals surface area contributed by atoms with E-state index in [1.807, 2.05) is 36.4 Å². The molecule has 2 rings (SSSR count). The van der Waals surface area contributed by atoms with Gasteiger partial charge in [-0.3, -0.25) is 9.78 Å². The molecule has 0 saturated carbocycles. The molecule has 2 N–H and O–H groups in total. The van der Waals surface area contributed by atoms with E-state index in [-0.39, 0.29) is 5.91 Å². The van der Waals surface area contributed by atoms with Gasteiger partial charge < -0.3 is 10.6 Å². The molecule has 20 heavy (non-hydrogen) atoms. The van der Waals surface area contributed by atoms with Crippen LogP contribution in [0.25, 0.3) is 0 Å². The largest absolute Gasteiger partial charge is 0.355 e. The van der Waals surface area contributed by atoms with Gasteiger partial charge in [0.15, 0.2) is 0 Å². The van der Waals surface area contributed by atoms with Crippen molar-refractivity contribution in [1.29, 1.82) is 0 Å². The Labute approximate surface area is 126 Å². The van der Waals surface area contributed by atoms with Crippen molar-refractivity contribution in [2.75, 3.05) is 7.05 Å². The number of benzene rings is 1. The summed E-state index contributed by atoms with van der Waals surface area (Å²) in [5.41, 5.74) is 2.80. The van der Waals surface area contributed by atoms with Gasteiger partial charge in [-0.05, 0) is 45.8 Å². The second-order valence-electron chi connectivity index (χ2n) is 4.35. The fourth-order valence-electron chi connectivity index (χ4n) is 1.76. The van der Waals surface area contributed by atoms with Crippen LogP contribution in [-0.4, -0.2) is 17.9 Å². The van der Waals surface area contributed by atoms with Crippen molar-refractivity contribution in [3.05, 3.63) is 63.9 Å². The second kappa shape index (κ2) is 7.17. The predicted octanol–water partition coefficient (Wildman–Crippen LogP) is 2.49. The van der Waals surface area contributed by atoms with Crippen LogP contribution in [0.15, 0.2) is 47.1 Å². The molecule has 104 valence electrons. The second-order valence-corrected chi connectivity index (χ2v) is 5.26. The Morgan fingerprint density at radius 1 is 1.15 bits per heavy atom. The van der Waals surface area contributed by atoms with Gasteiger partial charge in [-0.2, -0.15) is 0 Å². The quantitative estimate of drug-likeness (QED) is 0.883. The fourth-order valence-corrected chi connectivity index (χ4v) is 2.00. The number of halogens is 1. The Balaban J connectivity index is 1.85. The topological polar surface area (TPSA) is 54.0 Å². The normalized spacial score (nSPS) is 10.3. The zero-order chi connectivity index (χ0) is 14.4. The zero-order valence-electron chi connectivity index (χ0n) is 11.2. The first kappa shape index (κ1) is 14.7. The highest BCUT2D eigenvalue weighted by Gasteiger charge is 2.02. The van der Waals surface area contributed by atoms with E-state index in [9.17, 15) is 4.79 Å². The van der Waals surface area contributed by atoms with Gasteiger partial charge in [0.05, 0.1) is 5.69 Å². The van der Waals surface area contributed by atoms with Crippen molar-refractivity contribution in [3.8, 4) is 0 Å². The summed E-state index contributed by atoms with van der Waals surface area (Å²) in [6.45, 7) is 1.45. The molecule has 0 spiro atoms. The number of rotatable bonds is 5. The number of nitrogens with one attached hydrogen (secondary N) is 2. The molecule has 1 aromatic heterocycles. The van der Waals surface area contributed by atoms with Gasteiger partial charge in [0.2, 0.25) is 0 Å². The average Bonchev–Trinajstić information content (AvgIpc) is 2.49. The number of amides is 1. The number of hydrogen-bond acceptors (Lipinski definition) is 3. The van der Waals surface area contributed by atoms with Crippen LogP contribution in [0.1, 0.15) is 21.6 Å². The number of aromatic nitrogens is 1. The third-order valence-electron chi connectivity index (χ3n) is 2.87. The highest BCUT2D eigenvalue weighted by atomic mass is 79.9. The van der Waals surface area contributed by atoms with E-state index in [1.54, 1.807) is 13.2 Å². The van der Waals surface area contributed by atoms with Crippen LogP contribution in [0, 0.1) is 0 Å². The van der Waals surface area contributed by atoms with Crippen LogP contribution in [0.4, 0.5) is 0 Å². The lowest BCUT2D eigenvalue weighted by Crippen LogP contribution is -2.18. The molecule has 1 aromatic carbocycles. The van der Waals surface area contributed by atoms with Gasteiger partial charge in [0.1, 0.15) is 0 Å². The standard InChI is InChI=1S/C15H16BrN3O/c1-17-15(20)12-4-2-11(3-5-12)8-18-10-14-7-6-13(16)9-19-14/h2-7,9,18H,8,10H2,1H3,(H,17,20). The highest BCUT2D eigenvalue weighted by molar-refractivity contribution is 9.10. The Kier molecular flexibility index (Phi) is 5.26. The Morgan fingerprint density at radius 2 is 1.90 bits per heavy atom. The summed E-state index contributed by atoms with van der Waals surface area (Å²) in [5.74, 6) is -0.0661. The molecule has 1 amide bonds. The maximum Gasteiger partial charge on any atom is 0.251 e. The lowest BCUT2D eigenvalue weighted by Gasteiger charge is -2.06. The summed E-state index contributed by atoms with van der Waals surface area (Å²) < 4.78 is 0.978.